The zero-order valence-corrected chi connectivity index (χ0v) is 7.57. The van der Waals surface area contributed by atoms with Gasteiger partial charge in [0.2, 0.25) is 0 Å². The molecule has 0 fully saturated rings. The summed E-state index contributed by atoms with van der Waals surface area (Å²) in [6.07, 6.45) is 1.73. The molecule has 0 radical (unpaired) electrons. The molecule has 0 bridgehead atoms. The maximum absolute atomic E-state index is 9.59. The van der Waals surface area contributed by atoms with Gasteiger partial charge in [-0.15, -0.1) is 0 Å². The maximum Gasteiger partial charge on any atom is 0.189 e. The molecule has 0 saturated carbocycles. The summed E-state index contributed by atoms with van der Waals surface area (Å²) in [6, 6.07) is 3.66. The molecule has 0 aliphatic carbocycles. The quantitative estimate of drug-likeness (QED) is 0.458. The van der Waals surface area contributed by atoms with E-state index in [4.69, 9.17) is 0 Å². The zero-order valence-electron chi connectivity index (χ0n) is 7.57. The Morgan fingerprint density at radius 3 is 2.77 bits per heavy atom. The Kier molecular flexibility index (Phi) is 1.72. The number of phenols is 1. The third-order valence-electron chi connectivity index (χ3n) is 1.93. The van der Waals surface area contributed by atoms with Crippen molar-refractivity contribution in [1.82, 2.24) is 9.97 Å². The number of aromatic nitrogens is 2. The first-order valence-corrected chi connectivity index (χ1v) is 4.10. The Hall–Kier alpha value is -1.51. The maximum atomic E-state index is 9.59. The summed E-state index contributed by atoms with van der Waals surface area (Å²) >= 11 is 0. The predicted molar refractivity (Wildman–Crippen MR) is 57.6 cm³/mol. The van der Waals surface area contributed by atoms with Gasteiger partial charge in [-0.05, 0) is 6.07 Å². The topological polar surface area (TPSA) is 46.0 Å². The lowest BCUT2D eigenvalue weighted by Gasteiger charge is -2.02. The number of hydrogen-bond acceptors (Lipinski definition) is 3. The molecule has 0 amide bonds. The molecule has 62 valence electrons. The zero-order chi connectivity index (χ0) is 9.42. The van der Waals surface area contributed by atoms with Gasteiger partial charge in [-0.2, -0.15) is 0 Å². The lowest BCUT2D eigenvalue weighted by atomic mass is 9.94. The highest BCUT2D eigenvalue weighted by Gasteiger charge is 2.02. The summed E-state index contributed by atoms with van der Waals surface area (Å²) in [6.45, 7) is 0. The Morgan fingerprint density at radius 2 is 2.00 bits per heavy atom. The molecule has 1 N–H and O–H groups in total. The summed E-state index contributed by atoms with van der Waals surface area (Å²) in [7, 11) is 3.73. The molecule has 0 saturated heterocycles. The fourth-order valence-corrected chi connectivity index (χ4v) is 1.36. The fourth-order valence-electron chi connectivity index (χ4n) is 1.36. The number of rotatable bonds is 0. The lowest BCUT2D eigenvalue weighted by Crippen LogP contribution is -2.13. The molecule has 3 nitrogen and oxygen atoms in total. The highest BCUT2D eigenvalue weighted by molar-refractivity contribution is 6.33. The van der Waals surface area contributed by atoms with Crippen LogP contribution in [0.2, 0.25) is 0 Å². The van der Waals surface area contributed by atoms with Crippen LogP contribution in [0.4, 0.5) is 0 Å². The minimum Gasteiger partial charge on any atom is -0.506 e. The second kappa shape index (κ2) is 2.76. The Labute approximate surface area is 77.7 Å². The van der Waals surface area contributed by atoms with Crippen LogP contribution in [0.5, 0.6) is 5.75 Å². The van der Waals surface area contributed by atoms with Gasteiger partial charge in [0.25, 0.3) is 0 Å². The van der Waals surface area contributed by atoms with E-state index in [1.807, 2.05) is 13.9 Å². The Bertz CT molecular complexity index is 473. The van der Waals surface area contributed by atoms with E-state index in [9.17, 15) is 5.11 Å². The van der Waals surface area contributed by atoms with Crippen LogP contribution < -0.4 is 11.2 Å². The number of hydrogen-bond donors (Lipinski definition) is 1. The first-order valence-electron chi connectivity index (χ1n) is 4.10. The van der Waals surface area contributed by atoms with Crippen LogP contribution in [-0.2, 0) is 0 Å². The van der Waals surface area contributed by atoms with Gasteiger partial charge in [-0.3, -0.25) is 4.98 Å². The van der Waals surface area contributed by atoms with Crippen molar-refractivity contribution in [2.75, 3.05) is 0 Å². The molecule has 0 unspecified atom stereocenters. The highest BCUT2D eigenvalue weighted by Crippen LogP contribution is 2.18. The molecule has 1 aromatic heterocycles. The molecule has 1 heterocycles. The Balaban J connectivity index is 2.87. The molecule has 5 heteroatoms. The number of phenolic OH excluding ortho intramolecular Hbond substituents is 1. The average Bonchev–Trinajstić information content (AvgIpc) is 2.06. The van der Waals surface area contributed by atoms with E-state index in [0.717, 1.165) is 10.8 Å². The van der Waals surface area contributed by atoms with E-state index in [0.29, 0.717) is 11.2 Å². The molecular formula is C8H8B2N2O. The number of aromatic hydroxyl groups is 1. The molecule has 0 spiro atoms. The van der Waals surface area contributed by atoms with Crippen molar-refractivity contribution in [2.45, 2.75) is 0 Å². The highest BCUT2D eigenvalue weighted by atomic mass is 16.3. The van der Waals surface area contributed by atoms with Gasteiger partial charge in [-0.25, -0.2) is 4.98 Å². The van der Waals surface area contributed by atoms with Crippen LogP contribution >= 0.6 is 0 Å². The molecule has 0 aliphatic rings. The van der Waals surface area contributed by atoms with E-state index in [1.165, 1.54) is 0 Å². The molecule has 2 aromatic rings. The lowest BCUT2D eigenvalue weighted by molar-refractivity contribution is 0.481. The van der Waals surface area contributed by atoms with E-state index in [1.54, 1.807) is 20.1 Å². The van der Waals surface area contributed by atoms with Gasteiger partial charge in [0, 0.05) is 11.6 Å². The van der Waals surface area contributed by atoms with Crippen molar-refractivity contribution in [3.63, 3.8) is 0 Å². The minimum absolute atomic E-state index is 0.223. The smallest absolute Gasteiger partial charge is 0.189 e. The van der Waals surface area contributed by atoms with Gasteiger partial charge < -0.3 is 5.11 Å². The van der Waals surface area contributed by atoms with Gasteiger partial charge in [0.15, 0.2) is 7.85 Å². The molecule has 1 aromatic carbocycles. The molecule has 0 atom stereocenters. The fraction of sp³-hybridized carbons (Fsp3) is 0. The monoisotopic (exact) mass is 170 g/mol. The first kappa shape index (κ1) is 8.10. The summed E-state index contributed by atoms with van der Waals surface area (Å²) < 4.78 is 0. The van der Waals surface area contributed by atoms with Crippen molar-refractivity contribution >= 4 is 37.8 Å². The summed E-state index contributed by atoms with van der Waals surface area (Å²) in [5.74, 6) is 0.223. The van der Waals surface area contributed by atoms with Crippen LogP contribution in [0.3, 0.4) is 0 Å². The van der Waals surface area contributed by atoms with E-state index in [2.05, 4.69) is 9.97 Å². The van der Waals surface area contributed by atoms with E-state index in [-0.39, 0.29) is 5.75 Å². The summed E-state index contributed by atoms with van der Waals surface area (Å²) in [5.41, 5.74) is 2.31. The van der Waals surface area contributed by atoms with Crippen LogP contribution in [0.15, 0.2) is 18.3 Å². The van der Waals surface area contributed by atoms with Gasteiger partial charge in [-0.1, -0.05) is 11.5 Å². The van der Waals surface area contributed by atoms with Crippen LogP contribution in [0, 0.1) is 0 Å². The van der Waals surface area contributed by atoms with E-state index < -0.39 is 0 Å². The van der Waals surface area contributed by atoms with Crippen molar-refractivity contribution < 1.29 is 5.11 Å². The van der Waals surface area contributed by atoms with Crippen molar-refractivity contribution in [1.29, 1.82) is 0 Å². The molecule has 0 aliphatic heterocycles. The number of nitrogens with zero attached hydrogens (tertiary/aromatic N) is 2. The number of benzene rings is 1. The summed E-state index contributed by atoms with van der Waals surface area (Å²) in [5, 5.41) is 10.5. The van der Waals surface area contributed by atoms with Crippen molar-refractivity contribution in [3.05, 3.63) is 18.3 Å². The van der Waals surface area contributed by atoms with Crippen LogP contribution in [0.25, 0.3) is 10.9 Å². The molecule has 13 heavy (non-hydrogen) atoms. The van der Waals surface area contributed by atoms with Gasteiger partial charge in [0.1, 0.15) is 19.1 Å². The first-order chi connectivity index (χ1) is 6.16. The normalized spacial score (nSPS) is 10.5. The molecular weight excluding hydrogens is 162 g/mol. The third kappa shape index (κ3) is 1.37. The van der Waals surface area contributed by atoms with Crippen molar-refractivity contribution in [3.8, 4) is 5.75 Å². The average molecular weight is 170 g/mol. The van der Waals surface area contributed by atoms with E-state index >= 15 is 0 Å². The van der Waals surface area contributed by atoms with Gasteiger partial charge >= 0.3 is 0 Å². The van der Waals surface area contributed by atoms with Crippen LogP contribution in [-0.4, -0.2) is 30.8 Å². The van der Waals surface area contributed by atoms with Crippen LogP contribution in [0.1, 0.15) is 0 Å². The van der Waals surface area contributed by atoms with Crippen molar-refractivity contribution in [2.24, 2.45) is 0 Å². The predicted octanol–water partition coefficient (Wildman–Crippen LogP) is -2.15. The standard InChI is InChI=1S/C8H8B2N2O/c9-5-1-4-3-11-8(10)12-7(4)6(13)2-5/h1-3,13H,9-10H2. The largest absolute Gasteiger partial charge is 0.506 e. The van der Waals surface area contributed by atoms with Gasteiger partial charge in [0.05, 0.1) is 5.72 Å². The summed E-state index contributed by atoms with van der Waals surface area (Å²) in [4.78, 5) is 8.22. The SMILES string of the molecule is Bc1cc(O)c2nc(B)ncc2c1. The molecule has 2 rings (SSSR count). The second-order valence-electron chi connectivity index (χ2n) is 3.14. The Morgan fingerprint density at radius 1 is 1.23 bits per heavy atom. The minimum atomic E-state index is 0.223. The third-order valence-corrected chi connectivity index (χ3v) is 1.93. The number of fused-ring (bicyclic) bond motifs is 1. The second-order valence-corrected chi connectivity index (χ2v) is 3.14.